The van der Waals surface area contributed by atoms with E-state index >= 15 is 0 Å². The Bertz CT molecular complexity index is 1410. The molecule has 3 aliphatic rings. The highest BCUT2D eigenvalue weighted by atomic mass is 35.5. The number of hydrogen-bond acceptors (Lipinski definition) is 8. The van der Waals surface area contributed by atoms with Crippen LogP contribution >= 0.6 is 11.6 Å². The SMILES string of the molecule is CC(C)(NC(=O)CN1Cc2ccc(-c3nc(NC4CCOCC4)ncc3Cl)cc2C2OC21)c1cccc(CO)c1. The van der Waals surface area contributed by atoms with Crippen LogP contribution in [0.2, 0.25) is 5.02 Å². The average molecular weight is 564 g/mol. The third kappa shape index (κ3) is 5.70. The zero-order valence-corrected chi connectivity index (χ0v) is 23.4. The van der Waals surface area contributed by atoms with Gasteiger partial charge < -0.3 is 25.2 Å². The van der Waals surface area contributed by atoms with Crippen molar-refractivity contribution in [1.29, 1.82) is 0 Å². The van der Waals surface area contributed by atoms with Crippen molar-refractivity contribution in [1.82, 2.24) is 20.2 Å². The number of amides is 1. The Hall–Kier alpha value is -3.08. The number of anilines is 1. The van der Waals surface area contributed by atoms with Gasteiger partial charge in [0.25, 0.3) is 0 Å². The van der Waals surface area contributed by atoms with Crippen molar-refractivity contribution in [3.05, 3.63) is 75.9 Å². The van der Waals surface area contributed by atoms with Crippen LogP contribution in [-0.2, 0) is 33.0 Å². The summed E-state index contributed by atoms with van der Waals surface area (Å²) in [7, 11) is 0. The molecule has 1 aromatic heterocycles. The van der Waals surface area contributed by atoms with Crippen LogP contribution in [0.25, 0.3) is 11.3 Å². The summed E-state index contributed by atoms with van der Waals surface area (Å²) in [5.74, 6) is 0.485. The zero-order valence-electron chi connectivity index (χ0n) is 22.7. The predicted molar refractivity (Wildman–Crippen MR) is 151 cm³/mol. The second-order valence-corrected chi connectivity index (χ2v) is 11.6. The van der Waals surface area contributed by atoms with E-state index in [0.29, 0.717) is 23.2 Å². The van der Waals surface area contributed by atoms with E-state index in [4.69, 9.17) is 26.1 Å². The van der Waals surface area contributed by atoms with Gasteiger partial charge in [0.05, 0.1) is 35.6 Å². The van der Waals surface area contributed by atoms with Crippen molar-refractivity contribution >= 4 is 23.5 Å². The molecule has 4 heterocycles. The molecule has 0 radical (unpaired) electrons. The minimum Gasteiger partial charge on any atom is -0.392 e. The first-order valence-corrected chi connectivity index (χ1v) is 14.1. The van der Waals surface area contributed by atoms with E-state index in [1.807, 2.05) is 44.2 Å². The van der Waals surface area contributed by atoms with Gasteiger partial charge in [0.15, 0.2) is 0 Å². The number of nitrogens with one attached hydrogen (secondary N) is 2. The van der Waals surface area contributed by atoms with Gasteiger partial charge in [0.1, 0.15) is 12.3 Å². The maximum atomic E-state index is 13.1. The lowest BCUT2D eigenvalue weighted by atomic mass is 9.92. The first-order chi connectivity index (χ1) is 19.3. The lowest BCUT2D eigenvalue weighted by Crippen LogP contribution is -2.47. The van der Waals surface area contributed by atoms with Gasteiger partial charge >= 0.3 is 0 Å². The molecule has 0 spiro atoms. The topological polar surface area (TPSA) is 112 Å². The standard InChI is InChI=1S/C30H34ClN5O4/c1-30(2,21-5-3-4-18(12-21)17-37)35-25(38)16-36-15-20-7-6-19(13-23(20)27-28(36)40-27)26-24(31)14-32-29(34-26)33-22-8-10-39-11-9-22/h3-7,12-14,22,27-28,37H,8-11,15-17H2,1-2H3,(H,35,38)(H,32,33,34). The van der Waals surface area contributed by atoms with E-state index in [-0.39, 0.29) is 37.4 Å². The maximum absolute atomic E-state index is 13.1. The van der Waals surface area contributed by atoms with Gasteiger partial charge in [-0.1, -0.05) is 48.0 Å². The number of ether oxygens (including phenoxy) is 2. The van der Waals surface area contributed by atoms with E-state index in [1.165, 1.54) is 0 Å². The molecule has 2 saturated heterocycles. The molecule has 6 rings (SSSR count). The summed E-state index contributed by atoms with van der Waals surface area (Å²) < 4.78 is 11.5. The largest absolute Gasteiger partial charge is 0.392 e. The van der Waals surface area contributed by atoms with Crippen LogP contribution in [0.15, 0.2) is 48.7 Å². The number of carbonyl (C=O) groups is 1. The number of fused-ring (bicyclic) bond motifs is 3. The van der Waals surface area contributed by atoms with Crippen molar-refractivity contribution in [3.63, 3.8) is 0 Å². The van der Waals surface area contributed by atoms with Gasteiger partial charge in [0.2, 0.25) is 11.9 Å². The van der Waals surface area contributed by atoms with Gasteiger partial charge in [0, 0.05) is 31.4 Å². The number of carbonyl (C=O) groups excluding carboxylic acids is 1. The average Bonchev–Trinajstić information content (AvgIpc) is 3.76. The Morgan fingerprint density at radius 3 is 2.83 bits per heavy atom. The number of aliphatic hydroxyl groups is 1. The summed E-state index contributed by atoms with van der Waals surface area (Å²) in [6.45, 7) is 6.20. The fraction of sp³-hybridized carbons (Fsp3) is 0.433. The van der Waals surface area contributed by atoms with E-state index in [0.717, 1.165) is 53.9 Å². The first-order valence-electron chi connectivity index (χ1n) is 13.7. The highest BCUT2D eigenvalue weighted by Gasteiger charge is 2.49. The number of benzene rings is 2. The molecule has 10 heteroatoms. The second kappa shape index (κ2) is 11.1. The van der Waals surface area contributed by atoms with Crippen molar-refractivity contribution in [2.75, 3.05) is 25.1 Å². The van der Waals surface area contributed by atoms with Crippen molar-refractivity contribution < 1.29 is 19.4 Å². The quantitative estimate of drug-likeness (QED) is 0.351. The molecule has 0 saturated carbocycles. The molecule has 3 N–H and O–H groups in total. The van der Waals surface area contributed by atoms with Crippen LogP contribution in [0.1, 0.15) is 55.0 Å². The molecule has 1 amide bonds. The fourth-order valence-electron chi connectivity index (χ4n) is 5.58. The van der Waals surface area contributed by atoms with Gasteiger partial charge in [-0.3, -0.25) is 9.69 Å². The monoisotopic (exact) mass is 563 g/mol. The van der Waals surface area contributed by atoms with Crippen LogP contribution in [0, 0.1) is 0 Å². The highest BCUT2D eigenvalue weighted by molar-refractivity contribution is 6.32. The highest BCUT2D eigenvalue weighted by Crippen LogP contribution is 2.48. The Balaban J connectivity index is 1.14. The maximum Gasteiger partial charge on any atom is 0.234 e. The second-order valence-electron chi connectivity index (χ2n) is 11.2. The number of aromatic nitrogens is 2. The Morgan fingerprint density at radius 1 is 1.20 bits per heavy atom. The molecule has 2 unspecified atom stereocenters. The fourth-order valence-corrected chi connectivity index (χ4v) is 5.78. The predicted octanol–water partition coefficient (Wildman–Crippen LogP) is 4.14. The van der Waals surface area contributed by atoms with Crippen molar-refractivity contribution in [3.8, 4) is 11.3 Å². The molecule has 9 nitrogen and oxygen atoms in total. The number of epoxide rings is 1. The molecule has 2 fully saturated rings. The summed E-state index contributed by atoms with van der Waals surface area (Å²) in [6, 6.07) is 14.1. The smallest absolute Gasteiger partial charge is 0.234 e. The van der Waals surface area contributed by atoms with Gasteiger partial charge in [-0.15, -0.1) is 0 Å². The number of hydrogen-bond donors (Lipinski definition) is 3. The lowest BCUT2D eigenvalue weighted by molar-refractivity contribution is -0.124. The normalized spacial score (nSPS) is 20.9. The van der Waals surface area contributed by atoms with Crippen LogP contribution < -0.4 is 10.6 Å². The van der Waals surface area contributed by atoms with Gasteiger partial charge in [-0.2, -0.15) is 0 Å². The number of halogens is 1. The van der Waals surface area contributed by atoms with E-state index < -0.39 is 5.54 Å². The summed E-state index contributed by atoms with van der Waals surface area (Å²) in [4.78, 5) is 24.3. The molecule has 0 bridgehead atoms. The van der Waals surface area contributed by atoms with E-state index in [2.05, 4.69) is 32.7 Å². The third-order valence-electron chi connectivity index (χ3n) is 7.86. The molecule has 2 atom stereocenters. The van der Waals surface area contributed by atoms with Crippen LogP contribution in [0.3, 0.4) is 0 Å². The van der Waals surface area contributed by atoms with Crippen LogP contribution in [-0.4, -0.2) is 57.9 Å². The minimum atomic E-state index is -0.579. The first kappa shape index (κ1) is 27.1. The molecular weight excluding hydrogens is 530 g/mol. The molecule has 3 aliphatic heterocycles. The van der Waals surface area contributed by atoms with Gasteiger partial charge in [-0.05, 0) is 55.0 Å². The minimum absolute atomic E-state index is 0.0368. The van der Waals surface area contributed by atoms with Crippen LogP contribution in [0.5, 0.6) is 0 Å². The summed E-state index contributed by atoms with van der Waals surface area (Å²) in [6.07, 6.45) is 3.25. The summed E-state index contributed by atoms with van der Waals surface area (Å²) >= 11 is 6.53. The number of rotatable bonds is 8. The molecule has 0 aliphatic carbocycles. The van der Waals surface area contributed by atoms with Gasteiger partial charge in [-0.25, -0.2) is 9.97 Å². The molecule has 2 aromatic carbocycles. The van der Waals surface area contributed by atoms with E-state index in [9.17, 15) is 9.90 Å². The van der Waals surface area contributed by atoms with Crippen molar-refractivity contribution in [2.45, 2.75) is 63.8 Å². The van der Waals surface area contributed by atoms with Crippen LogP contribution in [0.4, 0.5) is 5.95 Å². The lowest BCUT2D eigenvalue weighted by Gasteiger charge is -2.30. The summed E-state index contributed by atoms with van der Waals surface area (Å²) in [5, 5.41) is 16.5. The molecule has 210 valence electrons. The zero-order chi connectivity index (χ0) is 27.9. The molecule has 3 aromatic rings. The summed E-state index contributed by atoms with van der Waals surface area (Å²) in [5.41, 5.74) is 5.00. The van der Waals surface area contributed by atoms with E-state index in [1.54, 1.807) is 6.20 Å². The Morgan fingerprint density at radius 2 is 2.02 bits per heavy atom. The van der Waals surface area contributed by atoms with Crippen molar-refractivity contribution in [2.24, 2.45) is 0 Å². The number of nitrogens with zero attached hydrogens (tertiary/aromatic N) is 3. The Kier molecular flexibility index (Phi) is 7.50. The number of aliphatic hydroxyl groups excluding tert-OH is 1. The third-order valence-corrected chi connectivity index (χ3v) is 8.13. The molecular formula is C30H34ClN5O4. The molecule has 40 heavy (non-hydrogen) atoms. The Labute approximate surface area is 238 Å².